The second-order valence-electron chi connectivity index (χ2n) is 6.32. The third-order valence-corrected chi connectivity index (χ3v) is 5.24. The molecule has 0 spiro atoms. The summed E-state index contributed by atoms with van der Waals surface area (Å²) in [5, 5.41) is 24.9. The van der Waals surface area contributed by atoms with E-state index in [-0.39, 0.29) is 17.2 Å². The molecule has 0 bridgehead atoms. The quantitative estimate of drug-likeness (QED) is 0.782. The number of amidine groups is 2. The molecule has 0 radical (unpaired) electrons. The van der Waals surface area contributed by atoms with Gasteiger partial charge in [-0.25, -0.2) is 0 Å². The zero-order chi connectivity index (χ0) is 19.3. The van der Waals surface area contributed by atoms with Gasteiger partial charge in [0, 0.05) is 23.1 Å². The first-order valence-electron chi connectivity index (χ1n) is 8.30. The first kappa shape index (κ1) is 17.3. The number of nitrogens with zero attached hydrogens (tertiary/aromatic N) is 4. The predicted molar refractivity (Wildman–Crippen MR) is 108 cm³/mol. The molecule has 8 heteroatoms. The molecule has 27 heavy (non-hydrogen) atoms. The van der Waals surface area contributed by atoms with Gasteiger partial charge in [0.15, 0.2) is 5.84 Å². The Morgan fingerprint density at radius 3 is 2.74 bits per heavy atom. The lowest BCUT2D eigenvalue weighted by atomic mass is 10.1. The molecule has 0 unspecified atom stereocenters. The van der Waals surface area contributed by atoms with Gasteiger partial charge >= 0.3 is 0 Å². The largest absolute Gasteiger partial charge is 0.508 e. The summed E-state index contributed by atoms with van der Waals surface area (Å²) < 4.78 is 1.99. The van der Waals surface area contributed by atoms with Crippen molar-refractivity contribution < 1.29 is 9.90 Å². The summed E-state index contributed by atoms with van der Waals surface area (Å²) in [7, 11) is 0. The van der Waals surface area contributed by atoms with Gasteiger partial charge in [-0.2, -0.15) is 15.1 Å². The summed E-state index contributed by atoms with van der Waals surface area (Å²) in [4.78, 5) is 16.5. The maximum absolute atomic E-state index is 12.4. The predicted octanol–water partition coefficient (Wildman–Crippen LogP) is 3.44. The molecule has 2 aliphatic rings. The van der Waals surface area contributed by atoms with Gasteiger partial charge in [0.2, 0.25) is 5.17 Å². The number of aryl methyl sites for hydroxylation is 1. The molecule has 136 valence electrons. The number of hydrogen-bond donors (Lipinski definition) is 2. The van der Waals surface area contributed by atoms with Gasteiger partial charge in [-0.1, -0.05) is 6.07 Å². The number of aromatic hydroxyl groups is 1. The summed E-state index contributed by atoms with van der Waals surface area (Å²) in [5.74, 6) is -0.229. The van der Waals surface area contributed by atoms with Gasteiger partial charge < -0.3 is 9.67 Å². The van der Waals surface area contributed by atoms with Gasteiger partial charge in [0.1, 0.15) is 5.75 Å². The van der Waals surface area contributed by atoms with Crippen LogP contribution >= 0.6 is 11.8 Å². The molecule has 2 aromatic rings. The van der Waals surface area contributed by atoms with Crippen LogP contribution in [0.3, 0.4) is 0 Å². The number of carbonyl (C=O) groups excluding carboxylic acids is 1. The Morgan fingerprint density at radius 1 is 1.22 bits per heavy atom. The molecular formula is C19H17N5O2S. The maximum Gasteiger partial charge on any atom is 0.283 e. The van der Waals surface area contributed by atoms with E-state index in [1.165, 1.54) is 16.8 Å². The SMILES string of the molecule is CC1=NN2C(=N)/C(=C\c3cc(C)n(-c4cccc(O)c4)c3C)C(=O)N=C2S1. The fourth-order valence-corrected chi connectivity index (χ4v) is 3.94. The van der Waals surface area contributed by atoms with Crippen molar-refractivity contribution in [3.63, 3.8) is 0 Å². The molecule has 1 aromatic heterocycles. The van der Waals surface area contributed by atoms with Crippen LogP contribution in [0.1, 0.15) is 23.9 Å². The third-order valence-electron chi connectivity index (χ3n) is 4.41. The van der Waals surface area contributed by atoms with Crippen molar-refractivity contribution in [3.05, 3.63) is 52.9 Å². The summed E-state index contributed by atoms with van der Waals surface area (Å²) in [6.45, 7) is 5.70. The Kier molecular flexibility index (Phi) is 4.00. The molecule has 0 fully saturated rings. The molecule has 0 saturated heterocycles. The number of aliphatic imine (C=N–C) groups is 1. The second-order valence-corrected chi connectivity index (χ2v) is 7.48. The normalized spacial score (nSPS) is 18.0. The zero-order valence-corrected chi connectivity index (χ0v) is 15.8. The minimum absolute atomic E-state index is 0.0245. The molecule has 2 aliphatic heterocycles. The zero-order valence-electron chi connectivity index (χ0n) is 15.0. The number of hydrazone groups is 1. The van der Waals surface area contributed by atoms with Gasteiger partial charge in [0.05, 0.1) is 10.6 Å². The Hall–Kier alpha value is -3.13. The number of amides is 1. The van der Waals surface area contributed by atoms with Gasteiger partial charge in [0.25, 0.3) is 5.91 Å². The van der Waals surface area contributed by atoms with E-state index in [1.54, 1.807) is 24.3 Å². The Labute approximate surface area is 160 Å². The highest BCUT2D eigenvalue weighted by Gasteiger charge is 2.34. The molecule has 4 rings (SSSR count). The topological polar surface area (TPSA) is 94.0 Å². The highest BCUT2D eigenvalue weighted by atomic mass is 32.2. The molecular weight excluding hydrogens is 362 g/mol. The third kappa shape index (κ3) is 2.87. The number of aromatic nitrogens is 1. The van der Waals surface area contributed by atoms with E-state index < -0.39 is 5.91 Å². The molecule has 1 aromatic carbocycles. The number of phenols is 1. The van der Waals surface area contributed by atoms with E-state index in [0.29, 0.717) is 5.17 Å². The van der Waals surface area contributed by atoms with E-state index >= 15 is 0 Å². The molecule has 2 N–H and O–H groups in total. The lowest BCUT2D eigenvalue weighted by Gasteiger charge is -2.20. The van der Waals surface area contributed by atoms with Crippen LogP contribution in [0.5, 0.6) is 5.75 Å². The van der Waals surface area contributed by atoms with Crippen LogP contribution in [0, 0.1) is 19.3 Å². The van der Waals surface area contributed by atoms with Crippen molar-refractivity contribution in [2.75, 3.05) is 0 Å². The number of nitrogens with one attached hydrogen (secondary N) is 1. The van der Waals surface area contributed by atoms with E-state index in [0.717, 1.165) is 27.7 Å². The van der Waals surface area contributed by atoms with Crippen molar-refractivity contribution in [2.24, 2.45) is 10.1 Å². The van der Waals surface area contributed by atoms with Crippen LogP contribution in [-0.4, -0.2) is 36.6 Å². The number of benzene rings is 1. The van der Waals surface area contributed by atoms with Crippen LogP contribution < -0.4 is 0 Å². The van der Waals surface area contributed by atoms with Gasteiger partial charge in [-0.15, -0.1) is 0 Å². The first-order chi connectivity index (χ1) is 12.8. The van der Waals surface area contributed by atoms with Crippen molar-refractivity contribution in [2.45, 2.75) is 20.8 Å². The Balaban J connectivity index is 1.78. The molecule has 1 amide bonds. The molecule has 7 nitrogen and oxygen atoms in total. The monoisotopic (exact) mass is 379 g/mol. The van der Waals surface area contributed by atoms with Crippen LogP contribution in [0.15, 0.2) is 46.0 Å². The number of fused-ring (bicyclic) bond motifs is 1. The van der Waals surface area contributed by atoms with Crippen LogP contribution in [-0.2, 0) is 4.79 Å². The fraction of sp³-hybridized carbons (Fsp3) is 0.158. The van der Waals surface area contributed by atoms with E-state index in [9.17, 15) is 9.90 Å². The maximum atomic E-state index is 12.4. The summed E-state index contributed by atoms with van der Waals surface area (Å²) >= 11 is 1.28. The highest BCUT2D eigenvalue weighted by molar-refractivity contribution is 8.26. The van der Waals surface area contributed by atoms with Crippen molar-refractivity contribution in [1.29, 1.82) is 5.41 Å². The molecule has 0 atom stereocenters. The highest BCUT2D eigenvalue weighted by Crippen LogP contribution is 2.30. The molecule has 0 aliphatic carbocycles. The number of hydrogen-bond acceptors (Lipinski definition) is 5. The van der Waals surface area contributed by atoms with Crippen molar-refractivity contribution in [3.8, 4) is 11.4 Å². The van der Waals surface area contributed by atoms with Gasteiger partial charge in [-0.3, -0.25) is 10.2 Å². The minimum Gasteiger partial charge on any atom is -0.508 e. The average Bonchev–Trinajstić information content (AvgIpc) is 3.10. The smallest absolute Gasteiger partial charge is 0.283 e. The number of thioether (sulfide) groups is 1. The number of phenolic OH excluding ortho intramolecular Hbond substituents is 1. The van der Waals surface area contributed by atoms with Crippen molar-refractivity contribution >= 4 is 39.8 Å². The Bertz CT molecular complexity index is 1090. The second kappa shape index (κ2) is 6.24. The number of carbonyl (C=O) groups is 1. The summed E-state index contributed by atoms with van der Waals surface area (Å²) in [6, 6.07) is 8.93. The number of rotatable bonds is 2. The minimum atomic E-state index is -0.439. The van der Waals surface area contributed by atoms with Crippen LogP contribution in [0.25, 0.3) is 11.8 Å². The summed E-state index contributed by atoms with van der Waals surface area (Å²) in [6.07, 6.45) is 1.68. The molecule has 3 heterocycles. The molecule has 0 saturated carbocycles. The lowest BCUT2D eigenvalue weighted by Crippen LogP contribution is -2.35. The van der Waals surface area contributed by atoms with E-state index in [4.69, 9.17) is 5.41 Å². The van der Waals surface area contributed by atoms with E-state index in [2.05, 4.69) is 10.1 Å². The summed E-state index contributed by atoms with van der Waals surface area (Å²) in [5.41, 5.74) is 3.70. The fourth-order valence-electron chi connectivity index (χ4n) is 3.21. The van der Waals surface area contributed by atoms with Crippen LogP contribution in [0.4, 0.5) is 0 Å². The standard InChI is InChI=1S/C19H17N5O2S/c1-10-7-13(11(2)23(10)14-5-4-6-15(25)9-14)8-16-17(20)24-19(21-18(16)26)27-12(3)22-24/h4-9,20,25H,1-3H3/b16-8+,20-17?. The first-order valence-corrected chi connectivity index (χ1v) is 9.12. The average molecular weight is 379 g/mol. The van der Waals surface area contributed by atoms with Crippen LogP contribution in [0.2, 0.25) is 0 Å². The lowest BCUT2D eigenvalue weighted by molar-refractivity contribution is -0.114. The van der Waals surface area contributed by atoms with E-state index in [1.807, 2.05) is 37.5 Å². The van der Waals surface area contributed by atoms with Gasteiger partial charge in [-0.05, 0) is 62.4 Å². The Morgan fingerprint density at radius 2 is 2.00 bits per heavy atom. The van der Waals surface area contributed by atoms with Crippen molar-refractivity contribution in [1.82, 2.24) is 9.58 Å².